The fourth-order valence-electron chi connectivity index (χ4n) is 5.08. The fraction of sp³-hybridized carbons (Fsp3) is 0.560. The zero-order valence-corrected chi connectivity index (χ0v) is 20.9. The van der Waals surface area contributed by atoms with Crippen molar-refractivity contribution in [1.29, 1.82) is 0 Å². The van der Waals surface area contributed by atoms with Crippen LogP contribution < -0.4 is 20.1 Å². The topological polar surface area (TPSA) is 68.2 Å². The number of rotatable bonds is 6. The maximum absolute atomic E-state index is 13.2. The molecule has 1 N–H and O–H groups in total. The number of Topliss-reactive ketones (excluding diaryl/α,β-unsaturated/α-hetero) is 1. The van der Waals surface area contributed by atoms with Gasteiger partial charge in [0.1, 0.15) is 11.2 Å². The largest absolute Gasteiger partial charge is 0.352 e. The summed E-state index contributed by atoms with van der Waals surface area (Å²) >= 11 is 2.82. The molecule has 2 saturated carbocycles. The number of aromatic nitrogens is 1. The third-order valence-electron chi connectivity index (χ3n) is 6.87. The van der Waals surface area contributed by atoms with Gasteiger partial charge in [-0.2, -0.15) is 0 Å². The van der Waals surface area contributed by atoms with Crippen LogP contribution in [0.3, 0.4) is 0 Å². The number of hydrogen-bond donors (Lipinski definition) is 1. The Morgan fingerprint density at radius 2 is 2.06 bits per heavy atom. The molecule has 2 fully saturated rings. The maximum Gasteiger partial charge on any atom is 0.269 e. The molecule has 2 aromatic heterocycles. The number of carbonyl (C=O) groups is 2. The molecule has 2 aliphatic rings. The van der Waals surface area contributed by atoms with Crippen molar-refractivity contribution in [2.24, 2.45) is 23.2 Å². The molecule has 4 unspecified atom stereocenters. The van der Waals surface area contributed by atoms with Crippen LogP contribution in [0.2, 0.25) is 0 Å². The number of hydrogen-bond acceptors (Lipinski definition) is 5. The highest BCUT2D eigenvalue weighted by molar-refractivity contribution is 7.11. The Morgan fingerprint density at radius 1 is 1.28 bits per heavy atom. The molecule has 172 valence electrons. The molecular formula is C25H32N2O3S2. The summed E-state index contributed by atoms with van der Waals surface area (Å²) < 4.78 is 2.52. The smallest absolute Gasteiger partial charge is 0.269 e. The summed E-state index contributed by atoms with van der Waals surface area (Å²) in [7, 11) is 0. The van der Waals surface area contributed by atoms with Crippen LogP contribution >= 0.6 is 22.7 Å². The van der Waals surface area contributed by atoms with E-state index in [-0.39, 0.29) is 29.8 Å². The van der Waals surface area contributed by atoms with Gasteiger partial charge in [-0.3, -0.25) is 19.0 Å². The zero-order valence-electron chi connectivity index (χ0n) is 19.2. The third kappa shape index (κ3) is 4.99. The van der Waals surface area contributed by atoms with Crippen LogP contribution in [0, 0.1) is 23.2 Å². The van der Waals surface area contributed by atoms with Crippen LogP contribution in [0.15, 0.2) is 22.3 Å². The average Bonchev–Trinajstić information content (AvgIpc) is 3.50. The van der Waals surface area contributed by atoms with Crippen LogP contribution in [-0.2, 0) is 16.1 Å². The molecule has 4 atom stereocenters. The minimum Gasteiger partial charge on any atom is -0.352 e. The number of amides is 1. The summed E-state index contributed by atoms with van der Waals surface area (Å²) in [5.41, 5.74) is -0.778. The van der Waals surface area contributed by atoms with E-state index in [9.17, 15) is 14.4 Å². The molecule has 0 spiro atoms. The SMILES string of the molecule is CC(NC(=O)Cn1c(=O)/c(=C\c2cccs2)s/c1=C\C(=O)C(C)(C)C)C1CC2CCC1C2. The van der Waals surface area contributed by atoms with Crippen molar-refractivity contribution in [3.8, 4) is 0 Å². The van der Waals surface area contributed by atoms with E-state index in [4.69, 9.17) is 0 Å². The van der Waals surface area contributed by atoms with Crippen molar-refractivity contribution in [3.05, 3.63) is 41.9 Å². The molecule has 0 aliphatic heterocycles. The molecule has 0 saturated heterocycles. The lowest BCUT2D eigenvalue weighted by Crippen LogP contribution is -2.44. The molecule has 0 radical (unpaired) electrons. The minimum atomic E-state index is -0.555. The highest BCUT2D eigenvalue weighted by Crippen LogP contribution is 2.49. The second-order valence-electron chi connectivity index (χ2n) is 10.3. The Balaban J connectivity index is 1.60. The van der Waals surface area contributed by atoms with Gasteiger partial charge >= 0.3 is 0 Å². The van der Waals surface area contributed by atoms with Crippen molar-refractivity contribution >= 4 is 46.5 Å². The molecular weight excluding hydrogens is 440 g/mol. The van der Waals surface area contributed by atoms with Crippen LogP contribution in [0.1, 0.15) is 58.3 Å². The molecule has 1 amide bonds. The van der Waals surface area contributed by atoms with Gasteiger partial charge in [-0.25, -0.2) is 0 Å². The lowest BCUT2D eigenvalue weighted by Gasteiger charge is -2.28. The van der Waals surface area contributed by atoms with Crippen LogP contribution in [0.25, 0.3) is 12.2 Å². The van der Waals surface area contributed by atoms with Crippen LogP contribution in [0.5, 0.6) is 0 Å². The maximum atomic E-state index is 13.2. The van der Waals surface area contributed by atoms with E-state index < -0.39 is 5.41 Å². The second-order valence-corrected chi connectivity index (χ2v) is 12.4. The van der Waals surface area contributed by atoms with Crippen LogP contribution in [-0.4, -0.2) is 22.3 Å². The predicted octanol–water partition coefficient (Wildman–Crippen LogP) is 3.14. The molecule has 2 aliphatic carbocycles. The van der Waals surface area contributed by atoms with Gasteiger partial charge in [-0.1, -0.05) is 33.3 Å². The summed E-state index contributed by atoms with van der Waals surface area (Å²) in [5.74, 6) is 1.85. The van der Waals surface area contributed by atoms with Crippen LogP contribution in [0.4, 0.5) is 0 Å². The third-order valence-corrected chi connectivity index (χ3v) is 8.75. The normalized spacial score (nSPS) is 24.8. The summed E-state index contributed by atoms with van der Waals surface area (Å²) in [5, 5.41) is 5.10. The second kappa shape index (κ2) is 9.10. The van der Waals surface area contributed by atoms with E-state index in [0.717, 1.165) is 16.7 Å². The standard InChI is InChI=1S/C25H32N2O3S2/c1-15(19-11-16-7-8-17(19)10-16)26-22(29)14-27-23(13-21(28)25(2,3)4)32-20(24(27)30)12-18-6-5-9-31-18/h5-6,9,12-13,15-17,19H,7-8,10-11,14H2,1-4H3,(H,26,29)/b20-12+,23-13-. The summed E-state index contributed by atoms with van der Waals surface area (Å²) in [6, 6.07) is 3.98. The molecule has 2 aromatic rings. The Morgan fingerprint density at radius 3 is 2.66 bits per heavy atom. The fourth-order valence-corrected chi connectivity index (χ4v) is 6.84. The predicted molar refractivity (Wildman–Crippen MR) is 131 cm³/mol. The number of nitrogens with zero attached hydrogens (tertiary/aromatic N) is 1. The van der Waals surface area contributed by atoms with Gasteiger partial charge in [-0.15, -0.1) is 22.7 Å². The number of thiophene rings is 1. The lowest BCUT2D eigenvalue weighted by atomic mass is 9.84. The lowest BCUT2D eigenvalue weighted by molar-refractivity contribution is -0.123. The number of fused-ring (bicyclic) bond motifs is 2. The monoisotopic (exact) mass is 472 g/mol. The molecule has 32 heavy (non-hydrogen) atoms. The Hall–Kier alpha value is -1.99. The summed E-state index contributed by atoms with van der Waals surface area (Å²) in [6.07, 6.45) is 8.45. The molecule has 7 heteroatoms. The summed E-state index contributed by atoms with van der Waals surface area (Å²) in [6.45, 7) is 7.58. The number of thiazole rings is 1. The first-order valence-electron chi connectivity index (χ1n) is 11.4. The highest BCUT2D eigenvalue weighted by atomic mass is 32.1. The van der Waals surface area contributed by atoms with Crippen molar-refractivity contribution in [3.63, 3.8) is 0 Å². The van der Waals surface area contributed by atoms with E-state index in [1.54, 1.807) is 11.3 Å². The Kier molecular flexibility index (Phi) is 6.59. The van der Waals surface area contributed by atoms with Crippen molar-refractivity contribution in [2.75, 3.05) is 0 Å². The number of carbonyl (C=O) groups excluding carboxylic acids is 2. The van der Waals surface area contributed by atoms with E-state index in [0.29, 0.717) is 15.1 Å². The van der Waals surface area contributed by atoms with Crippen molar-refractivity contribution in [1.82, 2.24) is 9.88 Å². The summed E-state index contributed by atoms with van der Waals surface area (Å²) in [4.78, 5) is 39.7. The van der Waals surface area contributed by atoms with Crippen molar-refractivity contribution < 1.29 is 9.59 Å². The van der Waals surface area contributed by atoms with Gasteiger partial charge < -0.3 is 5.32 Å². The van der Waals surface area contributed by atoms with E-state index in [1.165, 1.54) is 47.7 Å². The van der Waals surface area contributed by atoms with Gasteiger partial charge in [-0.05, 0) is 61.5 Å². The molecule has 5 nitrogen and oxygen atoms in total. The minimum absolute atomic E-state index is 0.0640. The molecule has 2 heterocycles. The van der Waals surface area contributed by atoms with Gasteiger partial charge in [0.25, 0.3) is 5.56 Å². The van der Waals surface area contributed by atoms with E-state index >= 15 is 0 Å². The Bertz CT molecular complexity index is 1170. The Labute approximate surface area is 196 Å². The first-order valence-corrected chi connectivity index (χ1v) is 13.1. The quantitative estimate of drug-likeness (QED) is 0.702. The highest BCUT2D eigenvalue weighted by Gasteiger charge is 2.42. The molecule has 0 aromatic carbocycles. The number of ketones is 1. The van der Waals surface area contributed by atoms with E-state index in [2.05, 4.69) is 12.2 Å². The number of nitrogens with one attached hydrogen (secondary N) is 1. The van der Waals surface area contributed by atoms with Gasteiger partial charge in [0.05, 0.1) is 4.53 Å². The average molecular weight is 473 g/mol. The first-order chi connectivity index (χ1) is 15.1. The van der Waals surface area contributed by atoms with Gasteiger partial charge in [0.15, 0.2) is 5.78 Å². The molecule has 2 bridgehead atoms. The molecule has 4 rings (SSSR count). The van der Waals surface area contributed by atoms with Gasteiger partial charge in [0, 0.05) is 22.4 Å². The first kappa shape index (κ1) is 23.2. The van der Waals surface area contributed by atoms with Crippen molar-refractivity contribution in [2.45, 2.75) is 66.0 Å². The van der Waals surface area contributed by atoms with Gasteiger partial charge in [0.2, 0.25) is 5.91 Å². The van der Waals surface area contributed by atoms with E-state index in [1.807, 2.05) is 44.4 Å². The zero-order chi connectivity index (χ0) is 23.0.